The van der Waals surface area contributed by atoms with Gasteiger partial charge in [-0.25, -0.2) is 0 Å². The van der Waals surface area contributed by atoms with E-state index in [2.05, 4.69) is 26.1 Å². The number of anilines is 1. The molecule has 0 fully saturated rings. The summed E-state index contributed by atoms with van der Waals surface area (Å²) in [6, 6.07) is 10.7. The molecule has 0 aliphatic heterocycles. The van der Waals surface area contributed by atoms with Crippen molar-refractivity contribution < 1.29 is 8.94 Å². The molecule has 1 aromatic carbocycles. The number of benzene rings is 1. The fraction of sp³-hybridized carbons (Fsp3) is 0. The Hall–Kier alpha value is -2.08. The number of hydrogen-bond donors (Lipinski definition) is 1. The van der Waals surface area contributed by atoms with Crippen LogP contribution in [-0.4, -0.2) is 10.1 Å². The molecule has 5 nitrogen and oxygen atoms in total. The normalized spacial score (nSPS) is 10.7. The van der Waals surface area contributed by atoms with E-state index in [1.165, 1.54) is 0 Å². The first-order valence-electron chi connectivity index (χ1n) is 5.18. The molecule has 2 heterocycles. The molecule has 0 unspecified atom stereocenters. The summed E-state index contributed by atoms with van der Waals surface area (Å²) >= 11 is 3.22. The van der Waals surface area contributed by atoms with Crippen LogP contribution < -0.4 is 5.73 Å². The third-order valence-electron chi connectivity index (χ3n) is 2.38. The first kappa shape index (κ1) is 11.0. The molecule has 0 bridgehead atoms. The van der Waals surface area contributed by atoms with Crippen molar-refractivity contribution in [3.05, 3.63) is 41.1 Å². The Balaban J connectivity index is 1.96. The molecule has 0 atom stereocenters. The summed E-state index contributed by atoms with van der Waals surface area (Å²) in [5.41, 5.74) is 7.12. The Morgan fingerprint density at radius 1 is 1.06 bits per heavy atom. The van der Waals surface area contributed by atoms with E-state index in [1.807, 2.05) is 12.1 Å². The van der Waals surface area contributed by atoms with Gasteiger partial charge in [-0.3, -0.25) is 0 Å². The van der Waals surface area contributed by atoms with E-state index in [0.29, 0.717) is 27.8 Å². The van der Waals surface area contributed by atoms with Gasteiger partial charge in [0.25, 0.3) is 5.89 Å². The van der Waals surface area contributed by atoms with Crippen molar-refractivity contribution >= 4 is 21.6 Å². The number of rotatable bonds is 2. The van der Waals surface area contributed by atoms with Crippen LogP contribution in [0, 0.1) is 0 Å². The van der Waals surface area contributed by atoms with Gasteiger partial charge in [-0.1, -0.05) is 5.16 Å². The molecular formula is C12H8BrN3O2. The van der Waals surface area contributed by atoms with Crippen LogP contribution in [0.25, 0.3) is 23.0 Å². The summed E-state index contributed by atoms with van der Waals surface area (Å²) in [7, 11) is 0. The Labute approximate surface area is 111 Å². The predicted octanol–water partition coefficient (Wildman–Crippen LogP) is 3.34. The SMILES string of the molecule is Nc1ccc(-c2nc(-c3ccc(Br)o3)no2)cc1. The second-order valence-electron chi connectivity index (χ2n) is 3.65. The Bertz CT molecular complexity index is 673. The summed E-state index contributed by atoms with van der Waals surface area (Å²) in [5.74, 6) is 1.39. The third-order valence-corrected chi connectivity index (χ3v) is 2.80. The lowest BCUT2D eigenvalue weighted by molar-refractivity contribution is 0.429. The van der Waals surface area contributed by atoms with E-state index in [4.69, 9.17) is 14.7 Å². The van der Waals surface area contributed by atoms with Gasteiger partial charge in [0.2, 0.25) is 5.82 Å². The third kappa shape index (κ3) is 2.02. The first-order chi connectivity index (χ1) is 8.72. The van der Waals surface area contributed by atoms with Gasteiger partial charge in [0.05, 0.1) is 0 Å². The number of aromatic nitrogens is 2. The van der Waals surface area contributed by atoms with E-state index in [-0.39, 0.29) is 0 Å². The smallest absolute Gasteiger partial charge is 0.258 e. The molecule has 18 heavy (non-hydrogen) atoms. The highest BCUT2D eigenvalue weighted by Gasteiger charge is 2.13. The Morgan fingerprint density at radius 2 is 1.83 bits per heavy atom. The van der Waals surface area contributed by atoms with Crippen molar-refractivity contribution in [2.75, 3.05) is 5.73 Å². The number of nitrogen functional groups attached to an aromatic ring is 1. The fourth-order valence-electron chi connectivity index (χ4n) is 1.50. The van der Waals surface area contributed by atoms with Crippen molar-refractivity contribution in [1.82, 2.24) is 10.1 Å². The van der Waals surface area contributed by atoms with E-state index in [1.54, 1.807) is 24.3 Å². The molecule has 0 amide bonds. The minimum Gasteiger partial charge on any atom is -0.446 e. The van der Waals surface area contributed by atoms with Crippen LogP contribution in [0.1, 0.15) is 0 Å². The molecule has 0 aliphatic carbocycles. The maximum absolute atomic E-state index is 5.62. The molecule has 3 rings (SSSR count). The molecule has 6 heteroatoms. The molecule has 2 aromatic heterocycles. The van der Waals surface area contributed by atoms with Gasteiger partial charge in [0, 0.05) is 11.3 Å². The van der Waals surface area contributed by atoms with Crippen LogP contribution in [0.4, 0.5) is 5.69 Å². The standard InChI is InChI=1S/C12H8BrN3O2/c13-10-6-5-9(17-10)11-15-12(18-16-11)7-1-3-8(14)4-2-7/h1-6H,14H2. The molecule has 0 aliphatic rings. The van der Waals surface area contributed by atoms with Gasteiger partial charge < -0.3 is 14.7 Å². The topological polar surface area (TPSA) is 78.1 Å². The molecule has 0 saturated heterocycles. The van der Waals surface area contributed by atoms with Gasteiger partial charge in [-0.15, -0.1) is 0 Å². The Morgan fingerprint density at radius 3 is 2.50 bits per heavy atom. The zero-order valence-corrected chi connectivity index (χ0v) is 10.7. The van der Waals surface area contributed by atoms with Crippen LogP contribution in [-0.2, 0) is 0 Å². The van der Waals surface area contributed by atoms with Crippen molar-refractivity contribution in [3.8, 4) is 23.0 Å². The summed E-state index contributed by atoms with van der Waals surface area (Å²) in [4.78, 5) is 4.26. The summed E-state index contributed by atoms with van der Waals surface area (Å²) < 4.78 is 11.1. The lowest BCUT2D eigenvalue weighted by atomic mass is 10.2. The average molecular weight is 306 g/mol. The fourth-order valence-corrected chi connectivity index (χ4v) is 1.81. The molecule has 0 radical (unpaired) electrons. The molecule has 0 saturated carbocycles. The zero-order valence-electron chi connectivity index (χ0n) is 9.13. The highest BCUT2D eigenvalue weighted by atomic mass is 79.9. The summed E-state index contributed by atoms with van der Waals surface area (Å²) in [6.07, 6.45) is 0. The highest BCUT2D eigenvalue weighted by molar-refractivity contribution is 9.10. The molecule has 3 aromatic rings. The van der Waals surface area contributed by atoms with Crippen LogP contribution >= 0.6 is 15.9 Å². The number of halogens is 1. The number of nitrogens with zero attached hydrogens (tertiary/aromatic N) is 2. The second kappa shape index (κ2) is 4.30. The number of hydrogen-bond acceptors (Lipinski definition) is 5. The van der Waals surface area contributed by atoms with Crippen molar-refractivity contribution in [2.45, 2.75) is 0 Å². The van der Waals surface area contributed by atoms with Gasteiger partial charge in [0.1, 0.15) is 0 Å². The van der Waals surface area contributed by atoms with Crippen molar-refractivity contribution in [1.29, 1.82) is 0 Å². The summed E-state index contributed by atoms with van der Waals surface area (Å²) in [6.45, 7) is 0. The number of nitrogens with two attached hydrogens (primary N) is 1. The summed E-state index contributed by atoms with van der Waals surface area (Å²) in [5, 5.41) is 3.87. The van der Waals surface area contributed by atoms with Crippen LogP contribution in [0.15, 0.2) is 50.0 Å². The quantitative estimate of drug-likeness (QED) is 0.735. The minimum atomic E-state index is 0.410. The molecular weight excluding hydrogens is 298 g/mol. The van der Waals surface area contributed by atoms with E-state index < -0.39 is 0 Å². The lowest BCUT2D eigenvalue weighted by Gasteiger charge is -1.94. The van der Waals surface area contributed by atoms with Gasteiger partial charge in [-0.05, 0) is 52.3 Å². The Kier molecular flexibility index (Phi) is 2.64. The molecule has 90 valence electrons. The van der Waals surface area contributed by atoms with Gasteiger partial charge in [-0.2, -0.15) is 4.98 Å². The highest BCUT2D eigenvalue weighted by Crippen LogP contribution is 2.25. The van der Waals surface area contributed by atoms with E-state index in [9.17, 15) is 0 Å². The van der Waals surface area contributed by atoms with Gasteiger partial charge >= 0.3 is 0 Å². The van der Waals surface area contributed by atoms with Crippen LogP contribution in [0.3, 0.4) is 0 Å². The molecule has 0 spiro atoms. The lowest BCUT2D eigenvalue weighted by Crippen LogP contribution is -1.84. The van der Waals surface area contributed by atoms with Crippen molar-refractivity contribution in [3.63, 3.8) is 0 Å². The minimum absolute atomic E-state index is 0.410. The van der Waals surface area contributed by atoms with E-state index >= 15 is 0 Å². The second-order valence-corrected chi connectivity index (χ2v) is 4.43. The average Bonchev–Trinajstić information content (AvgIpc) is 2.98. The van der Waals surface area contributed by atoms with Crippen molar-refractivity contribution in [2.24, 2.45) is 0 Å². The zero-order chi connectivity index (χ0) is 12.5. The first-order valence-corrected chi connectivity index (χ1v) is 5.97. The maximum Gasteiger partial charge on any atom is 0.258 e. The van der Waals surface area contributed by atoms with E-state index in [0.717, 1.165) is 5.56 Å². The maximum atomic E-state index is 5.62. The van der Waals surface area contributed by atoms with Crippen LogP contribution in [0.5, 0.6) is 0 Å². The monoisotopic (exact) mass is 305 g/mol. The van der Waals surface area contributed by atoms with Gasteiger partial charge in [0.15, 0.2) is 10.4 Å². The largest absolute Gasteiger partial charge is 0.446 e. The number of furan rings is 1. The molecule has 2 N–H and O–H groups in total. The predicted molar refractivity (Wildman–Crippen MR) is 69.5 cm³/mol. The van der Waals surface area contributed by atoms with Crippen LogP contribution in [0.2, 0.25) is 0 Å².